The molecule has 0 aliphatic rings. The van der Waals surface area contributed by atoms with Gasteiger partial charge in [-0.1, -0.05) is 152 Å². The van der Waals surface area contributed by atoms with E-state index in [1.807, 2.05) is 133 Å². The lowest BCUT2D eigenvalue weighted by molar-refractivity contribution is 1.19. The summed E-state index contributed by atoms with van der Waals surface area (Å²) >= 11 is 0. The number of fused-ring (bicyclic) bond motifs is 1. The first-order valence-corrected chi connectivity index (χ1v) is 19.6. The molecule has 0 bridgehead atoms. The van der Waals surface area contributed by atoms with Crippen LogP contribution in [0.4, 0.5) is 34.1 Å². The van der Waals surface area contributed by atoms with Gasteiger partial charge in [-0.15, -0.1) is 0 Å². The highest BCUT2D eigenvalue weighted by Gasteiger charge is 2.19. The Morgan fingerprint density at radius 2 is 0.797 bits per heavy atom. The lowest BCUT2D eigenvalue weighted by atomic mass is 10.0. The van der Waals surface area contributed by atoms with Crippen molar-refractivity contribution in [3.05, 3.63) is 243 Å². The molecule has 280 valence electrons. The molecule has 0 spiro atoms. The molecular weight excluding hydrogens is 717 g/mol. The van der Waals surface area contributed by atoms with Crippen LogP contribution in [0, 0.1) is 0 Å². The van der Waals surface area contributed by atoms with E-state index in [0.717, 1.165) is 67.5 Å². The van der Waals surface area contributed by atoms with Gasteiger partial charge in [-0.2, -0.15) is 0 Å². The second-order valence-electron chi connectivity index (χ2n) is 14.1. The van der Waals surface area contributed by atoms with Crippen LogP contribution >= 0.6 is 0 Å². The van der Waals surface area contributed by atoms with Gasteiger partial charge in [0.1, 0.15) is 5.65 Å². The van der Waals surface area contributed by atoms with Gasteiger partial charge in [-0.3, -0.25) is 4.40 Å². The summed E-state index contributed by atoms with van der Waals surface area (Å²) in [6.07, 6.45) is 2.06. The van der Waals surface area contributed by atoms with Gasteiger partial charge in [-0.05, 0) is 107 Å². The molecule has 0 saturated carbocycles. The minimum atomic E-state index is -0.431. The van der Waals surface area contributed by atoms with Gasteiger partial charge in [0.25, 0.3) is 0 Å². The zero-order chi connectivity index (χ0) is 43.7. The normalized spacial score (nSPS) is 12.2. The van der Waals surface area contributed by atoms with E-state index in [2.05, 4.69) is 88.3 Å². The standard InChI is InChI=1S/C55H40N4/c1-5-16-41(17-6-1)42-27-33-49(34-28-42)58(47-21-9-3-10-22-47)50-35-29-43(30-36-50)44-31-37-51(38-32-44)59(48-23-11-4-12-24-48)52-25-15-20-46(40-52)55-54(45-18-7-2-8-19-45)56-53-26-13-14-39-57(53)55/h1-40H/i3D,9D,10D,21D,22D. The van der Waals surface area contributed by atoms with E-state index in [0.29, 0.717) is 11.4 Å². The quantitative estimate of drug-likeness (QED) is 0.139. The maximum atomic E-state index is 8.90. The third-order valence-corrected chi connectivity index (χ3v) is 10.5. The van der Waals surface area contributed by atoms with E-state index in [1.54, 1.807) is 4.90 Å². The summed E-state index contributed by atoms with van der Waals surface area (Å²) in [5.74, 6) is 0. The van der Waals surface area contributed by atoms with Crippen molar-refractivity contribution in [2.24, 2.45) is 0 Å². The van der Waals surface area contributed by atoms with Crippen molar-refractivity contribution in [1.29, 1.82) is 0 Å². The van der Waals surface area contributed by atoms with E-state index in [4.69, 9.17) is 11.8 Å². The minimum Gasteiger partial charge on any atom is -0.311 e. The van der Waals surface area contributed by atoms with Gasteiger partial charge < -0.3 is 9.80 Å². The molecule has 0 fully saturated rings. The lowest BCUT2D eigenvalue weighted by Gasteiger charge is -2.26. The van der Waals surface area contributed by atoms with E-state index in [9.17, 15) is 0 Å². The molecule has 4 heteroatoms. The van der Waals surface area contributed by atoms with Crippen LogP contribution in [0.25, 0.3) is 50.4 Å². The molecule has 2 aromatic heterocycles. The first-order valence-electron chi connectivity index (χ1n) is 22.1. The van der Waals surface area contributed by atoms with E-state index in [1.165, 1.54) is 0 Å². The Morgan fingerprint density at radius 1 is 0.356 bits per heavy atom. The number of rotatable bonds is 10. The van der Waals surface area contributed by atoms with Gasteiger partial charge in [0.05, 0.1) is 18.2 Å². The Kier molecular flexibility index (Phi) is 8.14. The predicted octanol–water partition coefficient (Wildman–Crippen LogP) is 14.9. The summed E-state index contributed by atoms with van der Waals surface area (Å²) in [6, 6.07) is 67.7. The molecule has 0 N–H and O–H groups in total. The maximum Gasteiger partial charge on any atom is 0.137 e. The number of anilines is 6. The fourth-order valence-electron chi connectivity index (χ4n) is 7.69. The van der Waals surface area contributed by atoms with Crippen LogP contribution in [-0.2, 0) is 0 Å². The zero-order valence-corrected chi connectivity index (χ0v) is 32.0. The average molecular weight is 762 g/mol. The summed E-state index contributed by atoms with van der Waals surface area (Å²) in [6.45, 7) is 0. The third-order valence-electron chi connectivity index (χ3n) is 10.5. The first-order chi connectivity index (χ1) is 31.3. The fraction of sp³-hybridized carbons (Fsp3) is 0. The van der Waals surface area contributed by atoms with Crippen LogP contribution in [0.1, 0.15) is 6.85 Å². The average Bonchev–Trinajstić information content (AvgIpc) is 3.76. The Balaban J connectivity index is 1.01. The Labute approximate surface area is 352 Å². The molecule has 0 amide bonds. The van der Waals surface area contributed by atoms with E-state index in [-0.39, 0.29) is 29.9 Å². The second kappa shape index (κ2) is 15.9. The molecule has 0 aliphatic heterocycles. The maximum absolute atomic E-state index is 8.90. The molecule has 10 rings (SSSR count). The number of nitrogens with zero attached hydrogens (tertiary/aromatic N) is 4. The molecule has 2 heterocycles. The van der Waals surface area contributed by atoms with Crippen molar-refractivity contribution in [3.8, 4) is 44.8 Å². The summed E-state index contributed by atoms with van der Waals surface area (Å²) < 4.78 is 45.2. The van der Waals surface area contributed by atoms with Gasteiger partial charge in [-0.25, -0.2) is 4.98 Å². The molecule has 0 aliphatic carbocycles. The molecule has 10 aromatic rings. The second-order valence-corrected chi connectivity index (χ2v) is 14.1. The molecule has 0 saturated heterocycles. The van der Waals surface area contributed by atoms with Gasteiger partial charge >= 0.3 is 0 Å². The van der Waals surface area contributed by atoms with Crippen LogP contribution in [0.15, 0.2) is 243 Å². The number of aromatic nitrogens is 2. The highest BCUT2D eigenvalue weighted by atomic mass is 15.1. The summed E-state index contributed by atoms with van der Waals surface area (Å²) in [7, 11) is 0. The van der Waals surface area contributed by atoms with Crippen molar-refractivity contribution < 1.29 is 6.85 Å². The lowest BCUT2D eigenvalue weighted by Crippen LogP contribution is -2.10. The molecule has 0 unspecified atom stereocenters. The van der Waals surface area contributed by atoms with Crippen molar-refractivity contribution in [3.63, 3.8) is 0 Å². The van der Waals surface area contributed by atoms with Crippen LogP contribution in [0.5, 0.6) is 0 Å². The molecule has 8 aromatic carbocycles. The first kappa shape index (κ1) is 30.2. The fourth-order valence-corrected chi connectivity index (χ4v) is 7.69. The number of imidazole rings is 1. The van der Waals surface area contributed by atoms with Crippen molar-refractivity contribution in [2.45, 2.75) is 0 Å². The smallest absolute Gasteiger partial charge is 0.137 e. The zero-order valence-electron chi connectivity index (χ0n) is 37.0. The number of pyridine rings is 1. The highest BCUT2D eigenvalue weighted by molar-refractivity contribution is 5.86. The van der Waals surface area contributed by atoms with Crippen LogP contribution < -0.4 is 9.80 Å². The van der Waals surface area contributed by atoms with Crippen LogP contribution in [0.2, 0.25) is 0 Å². The predicted molar refractivity (Wildman–Crippen MR) is 246 cm³/mol. The number of hydrogen-bond donors (Lipinski definition) is 0. The molecule has 59 heavy (non-hydrogen) atoms. The molecule has 4 nitrogen and oxygen atoms in total. The van der Waals surface area contributed by atoms with Gasteiger partial charge in [0.15, 0.2) is 0 Å². The number of hydrogen-bond acceptors (Lipinski definition) is 3. The van der Waals surface area contributed by atoms with Gasteiger partial charge in [0.2, 0.25) is 0 Å². The summed E-state index contributed by atoms with van der Waals surface area (Å²) in [5, 5.41) is 0. The highest BCUT2D eigenvalue weighted by Crippen LogP contribution is 2.41. The summed E-state index contributed by atoms with van der Waals surface area (Å²) in [4.78, 5) is 9.07. The van der Waals surface area contributed by atoms with E-state index < -0.39 is 6.04 Å². The van der Waals surface area contributed by atoms with Crippen molar-refractivity contribution >= 4 is 39.8 Å². The monoisotopic (exact) mass is 761 g/mol. The third kappa shape index (κ3) is 7.16. The Hall–Kier alpha value is -7.95. The topological polar surface area (TPSA) is 23.8 Å². The number of benzene rings is 8. The largest absolute Gasteiger partial charge is 0.311 e. The SMILES string of the molecule is [2H]c1c([2H])c([2H])c(N(c2ccc(-c3ccccc3)cc2)c2ccc(-c3ccc(N(c4ccccc4)c4cccc(-c5c(-c6ccccc6)nc6ccccn56)c4)cc3)cc2)c([2H])c1[2H]. The minimum absolute atomic E-state index is 0.0818. The molecule has 0 atom stereocenters. The number of para-hydroxylation sites is 2. The van der Waals surface area contributed by atoms with Crippen molar-refractivity contribution in [1.82, 2.24) is 9.38 Å². The molecular formula is C55H40N4. The summed E-state index contributed by atoms with van der Waals surface area (Å²) in [5.41, 5.74) is 13.3. The Bertz CT molecular complexity index is 3220. The Morgan fingerprint density at radius 3 is 1.37 bits per heavy atom. The van der Waals surface area contributed by atoms with Crippen LogP contribution in [-0.4, -0.2) is 9.38 Å². The van der Waals surface area contributed by atoms with Crippen LogP contribution in [0.3, 0.4) is 0 Å². The molecule has 0 radical (unpaired) electrons. The van der Waals surface area contributed by atoms with E-state index >= 15 is 0 Å². The van der Waals surface area contributed by atoms with Gasteiger partial charge in [0, 0.05) is 51.4 Å². The van der Waals surface area contributed by atoms with Crippen molar-refractivity contribution in [2.75, 3.05) is 9.80 Å².